The van der Waals surface area contributed by atoms with Crippen LogP contribution in [0.4, 0.5) is 0 Å². The average Bonchev–Trinajstić information content (AvgIpc) is 2.39. The Balaban J connectivity index is 2.57. The van der Waals surface area contributed by atoms with E-state index in [-0.39, 0.29) is 11.8 Å². The molecule has 0 aliphatic carbocycles. The lowest BCUT2D eigenvalue weighted by molar-refractivity contribution is -0.126. The predicted molar refractivity (Wildman–Crippen MR) is 74.8 cm³/mol. The lowest BCUT2D eigenvalue weighted by atomic mass is 9.99. The molecule has 1 atom stereocenters. The van der Waals surface area contributed by atoms with E-state index in [1.54, 1.807) is 0 Å². The monoisotopic (exact) mass is 291 g/mol. The molecule has 0 unspecified atom stereocenters. The van der Waals surface area contributed by atoms with Crippen LogP contribution in [-0.4, -0.2) is 56.7 Å². The van der Waals surface area contributed by atoms with Crippen molar-refractivity contribution in [2.45, 2.75) is 32.6 Å². The molecule has 1 rings (SSSR count). The maximum Gasteiger partial charge on any atom is 0.281 e. The number of carbonyl (C=O) groups is 1. The first kappa shape index (κ1) is 16.4. The highest BCUT2D eigenvalue weighted by molar-refractivity contribution is 7.86. The molecule has 0 aromatic heterocycles. The van der Waals surface area contributed by atoms with Crippen LogP contribution in [-0.2, 0) is 15.0 Å². The molecule has 0 saturated carbocycles. The molecular formula is C12H25N3O3S. The van der Waals surface area contributed by atoms with Gasteiger partial charge in [0.1, 0.15) is 0 Å². The van der Waals surface area contributed by atoms with Crippen molar-refractivity contribution in [2.24, 2.45) is 5.92 Å². The van der Waals surface area contributed by atoms with E-state index >= 15 is 0 Å². The third-order valence-electron chi connectivity index (χ3n) is 3.37. The van der Waals surface area contributed by atoms with Crippen LogP contribution >= 0.6 is 0 Å². The van der Waals surface area contributed by atoms with Crippen LogP contribution in [0.1, 0.15) is 32.6 Å². The number of unbranched alkanes of at least 4 members (excludes halogenated alkanes) is 1. The molecule has 6 nitrogen and oxygen atoms in total. The van der Waals surface area contributed by atoms with Gasteiger partial charge in [0, 0.05) is 33.7 Å². The van der Waals surface area contributed by atoms with E-state index in [4.69, 9.17) is 0 Å². The number of nitrogens with zero attached hydrogens (tertiary/aromatic N) is 2. The van der Waals surface area contributed by atoms with E-state index in [0.717, 1.165) is 25.7 Å². The van der Waals surface area contributed by atoms with Crippen LogP contribution < -0.4 is 5.32 Å². The maximum atomic E-state index is 12.0. The van der Waals surface area contributed by atoms with Crippen molar-refractivity contribution in [1.82, 2.24) is 13.9 Å². The van der Waals surface area contributed by atoms with Crippen molar-refractivity contribution in [3.63, 3.8) is 0 Å². The van der Waals surface area contributed by atoms with E-state index in [1.165, 1.54) is 22.7 Å². The summed E-state index contributed by atoms with van der Waals surface area (Å²) in [6, 6.07) is 0. The second-order valence-corrected chi connectivity index (χ2v) is 7.27. The zero-order valence-corrected chi connectivity index (χ0v) is 12.9. The Labute approximate surface area is 116 Å². The molecule has 112 valence electrons. The number of amides is 1. The van der Waals surface area contributed by atoms with Crippen molar-refractivity contribution in [2.75, 3.05) is 33.7 Å². The number of hydrogen-bond acceptors (Lipinski definition) is 3. The fourth-order valence-corrected chi connectivity index (χ4v) is 3.32. The second-order valence-electron chi connectivity index (χ2n) is 5.13. The zero-order chi connectivity index (χ0) is 14.5. The lowest BCUT2D eigenvalue weighted by Crippen LogP contribution is -2.48. The van der Waals surface area contributed by atoms with Gasteiger partial charge in [-0.25, -0.2) is 0 Å². The summed E-state index contributed by atoms with van der Waals surface area (Å²) in [4.78, 5) is 12.0. The van der Waals surface area contributed by atoms with Crippen LogP contribution in [0.3, 0.4) is 0 Å². The summed E-state index contributed by atoms with van der Waals surface area (Å²) < 4.78 is 26.7. The van der Waals surface area contributed by atoms with Crippen LogP contribution in [0.2, 0.25) is 0 Å². The molecule has 0 aromatic carbocycles. The van der Waals surface area contributed by atoms with Gasteiger partial charge in [0.15, 0.2) is 0 Å². The van der Waals surface area contributed by atoms with Gasteiger partial charge in [-0.15, -0.1) is 0 Å². The number of carbonyl (C=O) groups excluding carboxylic acids is 1. The van der Waals surface area contributed by atoms with Crippen LogP contribution in [0.25, 0.3) is 0 Å². The lowest BCUT2D eigenvalue weighted by Gasteiger charge is -2.32. The van der Waals surface area contributed by atoms with Gasteiger partial charge >= 0.3 is 0 Å². The number of hydrogen-bond donors (Lipinski definition) is 1. The van der Waals surface area contributed by atoms with E-state index in [2.05, 4.69) is 12.2 Å². The Morgan fingerprint density at radius 3 is 2.68 bits per heavy atom. The molecule has 0 aromatic rings. The van der Waals surface area contributed by atoms with Gasteiger partial charge in [-0.1, -0.05) is 13.3 Å². The molecule has 1 aliphatic rings. The molecule has 0 radical (unpaired) electrons. The van der Waals surface area contributed by atoms with Crippen molar-refractivity contribution >= 4 is 16.1 Å². The summed E-state index contributed by atoms with van der Waals surface area (Å²) in [6.07, 6.45) is 3.49. The number of rotatable bonds is 6. The summed E-state index contributed by atoms with van der Waals surface area (Å²) in [5.74, 6) is -0.243. The smallest absolute Gasteiger partial charge is 0.281 e. The number of piperidine rings is 1. The highest BCUT2D eigenvalue weighted by Crippen LogP contribution is 2.20. The first-order chi connectivity index (χ1) is 8.89. The predicted octanol–water partition coefficient (Wildman–Crippen LogP) is 0.421. The maximum absolute atomic E-state index is 12.0. The first-order valence-electron chi connectivity index (χ1n) is 6.85. The van der Waals surface area contributed by atoms with Gasteiger partial charge in [0.25, 0.3) is 10.2 Å². The van der Waals surface area contributed by atoms with Crippen LogP contribution in [0, 0.1) is 5.92 Å². The molecular weight excluding hydrogens is 266 g/mol. The largest absolute Gasteiger partial charge is 0.356 e. The molecule has 19 heavy (non-hydrogen) atoms. The third-order valence-corrected chi connectivity index (χ3v) is 5.28. The summed E-state index contributed by atoms with van der Waals surface area (Å²) in [7, 11) is -0.377. The Hall–Kier alpha value is -0.660. The topological polar surface area (TPSA) is 69.7 Å². The minimum atomic E-state index is -3.40. The molecule has 0 spiro atoms. The molecule has 7 heteroatoms. The van der Waals surface area contributed by atoms with Crippen molar-refractivity contribution in [3.8, 4) is 0 Å². The SMILES string of the molecule is CCCCNC(=O)[C@H]1CCCN(S(=O)(=O)N(C)C)C1. The van der Waals surface area contributed by atoms with Crippen LogP contribution in [0.15, 0.2) is 0 Å². The quantitative estimate of drug-likeness (QED) is 0.721. The Morgan fingerprint density at radius 1 is 1.42 bits per heavy atom. The summed E-state index contributed by atoms with van der Waals surface area (Å²) >= 11 is 0. The molecule has 1 N–H and O–H groups in total. The molecule has 1 amide bonds. The highest BCUT2D eigenvalue weighted by atomic mass is 32.2. The van der Waals surface area contributed by atoms with Gasteiger partial charge < -0.3 is 5.32 Å². The second kappa shape index (κ2) is 7.21. The average molecular weight is 291 g/mol. The molecule has 0 bridgehead atoms. The molecule has 1 fully saturated rings. The van der Waals surface area contributed by atoms with Crippen molar-refractivity contribution < 1.29 is 13.2 Å². The van der Waals surface area contributed by atoms with Crippen molar-refractivity contribution in [3.05, 3.63) is 0 Å². The Morgan fingerprint density at radius 2 is 2.11 bits per heavy atom. The molecule has 1 aliphatic heterocycles. The van der Waals surface area contributed by atoms with Gasteiger partial charge in [0.2, 0.25) is 5.91 Å². The number of nitrogens with one attached hydrogen (secondary N) is 1. The van der Waals surface area contributed by atoms with E-state index < -0.39 is 10.2 Å². The van der Waals surface area contributed by atoms with E-state index in [0.29, 0.717) is 19.6 Å². The Kier molecular flexibility index (Phi) is 6.22. The van der Waals surface area contributed by atoms with E-state index in [1.807, 2.05) is 0 Å². The minimum Gasteiger partial charge on any atom is -0.356 e. The van der Waals surface area contributed by atoms with Gasteiger partial charge in [-0.2, -0.15) is 17.0 Å². The minimum absolute atomic E-state index is 0.0212. The third kappa shape index (κ3) is 4.43. The molecule has 1 saturated heterocycles. The van der Waals surface area contributed by atoms with E-state index in [9.17, 15) is 13.2 Å². The van der Waals surface area contributed by atoms with Gasteiger partial charge in [-0.05, 0) is 19.3 Å². The van der Waals surface area contributed by atoms with Crippen LogP contribution in [0.5, 0.6) is 0 Å². The fourth-order valence-electron chi connectivity index (χ4n) is 2.13. The standard InChI is InChI=1S/C12H25N3O3S/c1-4-5-8-13-12(16)11-7-6-9-15(10-11)19(17,18)14(2)3/h11H,4-10H2,1-3H3,(H,13,16)/t11-/m0/s1. The van der Waals surface area contributed by atoms with Gasteiger partial charge in [-0.3, -0.25) is 4.79 Å². The summed E-state index contributed by atoms with van der Waals surface area (Å²) in [5.41, 5.74) is 0. The first-order valence-corrected chi connectivity index (χ1v) is 8.24. The van der Waals surface area contributed by atoms with Gasteiger partial charge in [0.05, 0.1) is 5.92 Å². The summed E-state index contributed by atoms with van der Waals surface area (Å²) in [5, 5.41) is 2.88. The summed E-state index contributed by atoms with van der Waals surface area (Å²) in [6.45, 7) is 3.53. The van der Waals surface area contributed by atoms with Crippen molar-refractivity contribution in [1.29, 1.82) is 0 Å². The highest BCUT2D eigenvalue weighted by Gasteiger charge is 2.33. The molecule has 1 heterocycles. The normalized spacial score (nSPS) is 21.6. The zero-order valence-electron chi connectivity index (χ0n) is 12.1. The Bertz CT molecular complexity index is 395. The fraction of sp³-hybridized carbons (Fsp3) is 0.917.